The zero-order valence-corrected chi connectivity index (χ0v) is 11.8. The second-order valence-corrected chi connectivity index (χ2v) is 4.65. The zero-order valence-electron chi connectivity index (χ0n) is 11.8. The first-order valence-electron chi connectivity index (χ1n) is 6.97. The summed E-state index contributed by atoms with van der Waals surface area (Å²) in [5, 5.41) is 9.21. The molecule has 0 spiro atoms. The van der Waals surface area contributed by atoms with Gasteiger partial charge in [0.15, 0.2) is 0 Å². The summed E-state index contributed by atoms with van der Waals surface area (Å²) in [6.45, 7) is 6.31. The minimum Gasteiger partial charge on any atom is -0.481 e. The van der Waals surface area contributed by atoms with Gasteiger partial charge < -0.3 is 9.84 Å². The van der Waals surface area contributed by atoms with Gasteiger partial charge in [0.05, 0.1) is 18.4 Å². The molecule has 0 bridgehead atoms. The molecule has 0 heterocycles. The maximum atomic E-state index is 11.9. The molecule has 18 heavy (non-hydrogen) atoms. The molecular formula is C14H26O4. The summed E-state index contributed by atoms with van der Waals surface area (Å²) in [7, 11) is 0. The first kappa shape index (κ1) is 16.9. The van der Waals surface area contributed by atoms with Crippen LogP contribution in [0, 0.1) is 11.8 Å². The molecule has 0 unspecified atom stereocenters. The quantitative estimate of drug-likeness (QED) is 0.482. The van der Waals surface area contributed by atoms with Crippen LogP contribution >= 0.6 is 0 Å². The Labute approximate surface area is 110 Å². The molecule has 106 valence electrons. The number of hydrogen-bond acceptors (Lipinski definition) is 3. The maximum Gasteiger partial charge on any atom is 0.309 e. The van der Waals surface area contributed by atoms with Crippen molar-refractivity contribution in [3.8, 4) is 0 Å². The predicted octanol–water partition coefficient (Wildman–Crippen LogP) is 3.25. The lowest BCUT2D eigenvalue weighted by atomic mass is 9.85. The summed E-state index contributed by atoms with van der Waals surface area (Å²) in [6.07, 6.45) is 4.46. The Kier molecular flexibility index (Phi) is 9.33. The SMILES string of the molecule is CCCCOC(=O)[C@H](CCC)[C@H](CCC)C(=O)O. The number of carboxylic acids is 1. The first-order chi connectivity index (χ1) is 8.58. The molecule has 0 saturated carbocycles. The molecule has 4 nitrogen and oxygen atoms in total. The number of carbonyl (C=O) groups excluding carboxylic acids is 1. The Hall–Kier alpha value is -1.06. The lowest BCUT2D eigenvalue weighted by Gasteiger charge is -2.21. The van der Waals surface area contributed by atoms with Crippen LogP contribution in [-0.4, -0.2) is 23.7 Å². The van der Waals surface area contributed by atoms with E-state index in [1.54, 1.807) is 0 Å². The Bertz CT molecular complexity index is 250. The van der Waals surface area contributed by atoms with Gasteiger partial charge in [-0.3, -0.25) is 9.59 Å². The van der Waals surface area contributed by atoms with Gasteiger partial charge in [-0.2, -0.15) is 0 Å². The Balaban J connectivity index is 4.57. The van der Waals surface area contributed by atoms with Crippen LogP contribution in [0.2, 0.25) is 0 Å². The smallest absolute Gasteiger partial charge is 0.309 e. The van der Waals surface area contributed by atoms with Crippen LogP contribution < -0.4 is 0 Å². The lowest BCUT2D eigenvalue weighted by molar-refractivity contribution is -0.158. The van der Waals surface area contributed by atoms with E-state index < -0.39 is 17.8 Å². The third kappa shape index (κ3) is 6.03. The highest BCUT2D eigenvalue weighted by molar-refractivity contribution is 5.81. The van der Waals surface area contributed by atoms with Crippen molar-refractivity contribution in [1.29, 1.82) is 0 Å². The van der Waals surface area contributed by atoms with Gasteiger partial charge in [-0.1, -0.05) is 40.0 Å². The number of ether oxygens (including phenoxy) is 1. The van der Waals surface area contributed by atoms with E-state index in [1.165, 1.54) is 0 Å². The molecule has 0 saturated heterocycles. The summed E-state index contributed by atoms with van der Waals surface area (Å²) >= 11 is 0. The molecule has 0 fully saturated rings. The van der Waals surface area contributed by atoms with Crippen molar-refractivity contribution in [2.75, 3.05) is 6.61 Å². The van der Waals surface area contributed by atoms with E-state index >= 15 is 0 Å². The molecule has 0 aliphatic rings. The second-order valence-electron chi connectivity index (χ2n) is 4.65. The Morgan fingerprint density at radius 3 is 2.00 bits per heavy atom. The van der Waals surface area contributed by atoms with Crippen LogP contribution in [0.15, 0.2) is 0 Å². The van der Waals surface area contributed by atoms with Gasteiger partial charge in [0, 0.05) is 0 Å². The number of hydrogen-bond donors (Lipinski definition) is 1. The van der Waals surface area contributed by atoms with Crippen molar-refractivity contribution in [2.24, 2.45) is 11.8 Å². The summed E-state index contributed by atoms with van der Waals surface area (Å²) in [5.41, 5.74) is 0. The average molecular weight is 258 g/mol. The Morgan fingerprint density at radius 2 is 1.56 bits per heavy atom. The van der Waals surface area contributed by atoms with Gasteiger partial charge >= 0.3 is 11.9 Å². The van der Waals surface area contributed by atoms with Gasteiger partial charge in [-0.15, -0.1) is 0 Å². The predicted molar refractivity (Wildman–Crippen MR) is 70.3 cm³/mol. The van der Waals surface area contributed by atoms with Crippen molar-refractivity contribution in [3.05, 3.63) is 0 Å². The van der Waals surface area contributed by atoms with E-state index in [1.807, 2.05) is 20.8 Å². The minimum atomic E-state index is -0.886. The zero-order chi connectivity index (χ0) is 14.0. The van der Waals surface area contributed by atoms with Crippen LogP contribution in [-0.2, 0) is 14.3 Å². The van der Waals surface area contributed by atoms with Gasteiger partial charge in [0.2, 0.25) is 0 Å². The molecule has 0 amide bonds. The van der Waals surface area contributed by atoms with Crippen LogP contribution in [0.3, 0.4) is 0 Å². The molecule has 0 aromatic heterocycles. The highest BCUT2D eigenvalue weighted by Crippen LogP contribution is 2.24. The number of carbonyl (C=O) groups is 2. The first-order valence-corrected chi connectivity index (χ1v) is 6.97. The maximum absolute atomic E-state index is 11.9. The summed E-state index contributed by atoms with van der Waals surface area (Å²) < 4.78 is 5.17. The molecule has 0 rings (SSSR count). The van der Waals surface area contributed by atoms with Crippen molar-refractivity contribution < 1.29 is 19.4 Å². The van der Waals surface area contributed by atoms with E-state index in [-0.39, 0.29) is 5.97 Å². The van der Waals surface area contributed by atoms with E-state index in [2.05, 4.69) is 0 Å². The molecule has 0 aromatic carbocycles. The fraction of sp³-hybridized carbons (Fsp3) is 0.857. The monoisotopic (exact) mass is 258 g/mol. The third-order valence-electron chi connectivity index (χ3n) is 3.05. The number of aliphatic carboxylic acids is 1. The van der Waals surface area contributed by atoms with E-state index in [0.717, 1.165) is 25.7 Å². The standard InChI is InChI=1S/C14H26O4/c1-4-7-10-18-14(17)12(9-6-3)11(8-5-2)13(15)16/h11-12H,4-10H2,1-3H3,(H,15,16)/t11-,12+/m0/s1. The fourth-order valence-corrected chi connectivity index (χ4v) is 2.03. The summed E-state index contributed by atoms with van der Waals surface area (Å²) in [4.78, 5) is 23.2. The van der Waals surface area contributed by atoms with E-state index in [0.29, 0.717) is 19.4 Å². The van der Waals surface area contributed by atoms with Crippen LogP contribution in [0.25, 0.3) is 0 Å². The van der Waals surface area contributed by atoms with Crippen molar-refractivity contribution in [1.82, 2.24) is 0 Å². The molecule has 0 aliphatic heterocycles. The number of rotatable bonds is 10. The van der Waals surface area contributed by atoms with Crippen LogP contribution in [0.1, 0.15) is 59.3 Å². The van der Waals surface area contributed by atoms with Crippen molar-refractivity contribution >= 4 is 11.9 Å². The number of esters is 1. The second kappa shape index (κ2) is 9.92. The number of carboxylic acid groups (broad SMARTS) is 1. The molecule has 1 N–H and O–H groups in total. The summed E-state index contributed by atoms with van der Waals surface area (Å²) in [6, 6.07) is 0. The summed E-state index contributed by atoms with van der Waals surface area (Å²) in [5.74, 6) is -2.33. The van der Waals surface area contributed by atoms with Gasteiger partial charge in [0.1, 0.15) is 0 Å². The average Bonchev–Trinajstić information content (AvgIpc) is 2.33. The third-order valence-corrected chi connectivity index (χ3v) is 3.05. The highest BCUT2D eigenvalue weighted by atomic mass is 16.5. The topological polar surface area (TPSA) is 63.6 Å². The number of unbranched alkanes of at least 4 members (excludes halogenated alkanes) is 1. The van der Waals surface area contributed by atoms with Crippen molar-refractivity contribution in [3.63, 3.8) is 0 Å². The van der Waals surface area contributed by atoms with Gasteiger partial charge in [-0.05, 0) is 19.3 Å². The van der Waals surface area contributed by atoms with E-state index in [4.69, 9.17) is 4.74 Å². The van der Waals surface area contributed by atoms with Gasteiger partial charge in [0.25, 0.3) is 0 Å². The minimum absolute atomic E-state index is 0.342. The Morgan fingerprint density at radius 1 is 1.00 bits per heavy atom. The molecule has 0 aliphatic carbocycles. The van der Waals surface area contributed by atoms with E-state index in [9.17, 15) is 14.7 Å². The molecular weight excluding hydrogens is 232 g/mol. The molecule has 0 radical (unpaired) electrons. The molecule has 0 aromatic rings. The fourth-order valence-electron chi connectivity index (χ4n) is 2.03. The van der Waals surface area contributed by atoms with Crippen molar-refractivity contribution in [2.45, 2.75) is 59.3 Å². The molecule has 4 heteroatoms. The van der Waals surface area contributed by atoms with Gasteiger partial charge in [-0.25, -0.2) is 0 Å². The largest absolute Gasteiger partial charge is 0.481 e. The van der Waals surface area contributed by atoms with Crippen LogP contribution in [0.5, 0.6) is 0 Å². The molecule has 2 atom stereocenters. The lowest BCUT2D eigenvalue weighted by Crippen LogP contribution is -2.31. The van der Waals surface area contributed by atoms with Crippen LogP contribution in [0.4, 0.5) is 0 Å². The highest BCUT2D eigenvalue weighted by Gasteiger charge is 2.33. The normalized spacial score (nSPS) is 13.9.